The second-order valence-corrected chi connectivity index (χ2v) is 6.15. The maximum absolute atomic E-state index is 11.1. The minimum absolute atomic E-state index is 0.0323. The average Bonchev–Trinajstić information content (AvgIpc) is 3.00. The van der Waals surface area contributed by atoms with Crippen LogP contribution in [-0.2, 0) is 0 Å². The van der Waals surface area contributed by atoms with Crippen molar-refractivity contribution < 1.29 is 4.92 Å². The van der Waals surface area contributed by atoms with Gasteiger partial charge in [-0.25, -0.2) is 4.98 Å². The summed E-state index contributed by atoms with van der Waals surface area (Å²) >= 11 is 0. The van der Waals surface area contributed by atoms with Crippen molar-refractivity contribution in [2.45, 2.75) is 25.7 Å². The van der Waals surface area contributed by atoms with Gasteiger partial charge in [0.25, 0.3) is 0 Å². The quantitative estimate of drug-likeness (QED) is 0.674. The second-order valence-electron chi connectivity index (χ2n) is 6.15. The molecule has 2 N–H and O–H groups in total. The summed E-state index contributed by atoms with van der Waals surface area (Å²) in [6, 6.07) is 2.92. The van der Waals surface area contributed by atoms with Crippen LogP contribution in [0.3, 0.4) is 0 Å². The zero-order valence-corrected chi connectivity index (χ0v) is 11.7. The molecule has 2 aliphatic rings. The molecule has 0 aliphatic heterocycles. The van der Waals surface area contributed by atoms with Gasteiger partial charge in [0.15, 0.2) is 0 Å². The van der Waals surface area contributed by atoms with E-state index in [9.17, 15) is 10.1 Å². The van der Waals surface area contributed by atoms with Crippen LogP contribution in [-0.4, -0.2) is 23.5 Å². The van der Waals surface area contributed by atoms with Gasteiger partial charge in [0.2, 0.25) is 5.82 Å². The monoisotopic (exact) mass is 276 g/mol. The molecular formula is C14H20N4O2. The summed E-state index contributed by atoms with van der Waals surface area (Å²) in [6.07, 6.45) is 5.27. The first-order valence-corrected chi connectivity index (χ1v) is 7.16. The van der Waals surface area contributed by atoms with Crippen molar-refractivity contribution in [1.82, 2.24) is 4.98 Å². The molecule has 1 heterocycles. The van der Waals surface area contributed by atoms with Crippen molar-refractivity contribution in [1.29, 1.82) is 0 Å². The smallest absolute Gasteiger partial charge is 0.311 e. The molecule has 2 aliphatic carbocycles. The predicted molar refractivity (Wildman–Crippen MR) is 77.5 cm³/mol. The number of anilines is 2. The van der Waals surface area contributed by atoms with Gasteiger partial charge in [-0.05, 0) is 43.1 Å². The Morgan fingerprint density at radius 3 is 2.85 bits per heavy atom. The average molecular weight is 276 g/mol. The van der Waals surface area contributed by atoms with E-state index in [1.807, 2.05) is 11.9 Å². The van der Waals surface area contributed by atoms with E-state index in [-0.39, 0.29) is 10.6 Å². The summed E-state index contributed by atoms with van der Waals surface area (Å²) in [5.74, 6) is 3.02. The molecule has 6 nitrogen and oxygen atoms in total. The highest BCUT2D eigenvalue weighted by molar-refractivity contribution is 5.60. The van der Waals surface area contributed by atoms with Gasteiger partial charge in [-0.15, -0.1) is 0 Å². The SMILES string of the molecule is CN(CC1CC2CCC1C2)c1nc(N)ccc1[N+](=O)[O-]. The molecule has 2 saturated carbocycles. The van der Waals surface area contributed by atoms with Crippen LogP contribution < -0.4 is 10.6 Å². The van der Waals surface area contributed by atoms with Crippen molar-refractivity contribution in [3.05, 3.63) is 22.2 Å². The zero-order valence-electron chi connectivity index (χ0n) is 11.7. The van der Waals surface area contributed by atoms with Gasteiger partial charge in [-0.2, -0.15) is 0 Å². The van der Waals surface area contributed by atoms with Gasteiger partial charge in [0.1, 0.15) is 5.82 Å². The molecule has 1 aromatic heterocycles. The molecule has 2 bridgehead atoms. The molecule has 1 aromatic rings. The first-order valence-electron chi connectivity index (χ1n) is 7.16. The lowest BCUT2D eigenvalue weighted by molar-refractivity contribution is -0.384. The summed E-state index contributed by atoms with van der Waals surface area (Å²) in [6.45, 7) is 0.832. The number of nitro groups is 1. The molecule has 3 rings (SSSR count). The standard InChI is InChI=1S/C14H20N4O2/c1-17(8-11-7-9-2-3-10(11)6-9)14-12(18(19)20)4-5-13(15)16-14/h4-5,9-11H,2-3,6-8H2,1H3,(H2,15,16). The normalized spacial score (nSPS) is 27.8. The van der Waals surface area contributed by atoms with E-state index in [1.165, 1.54) is 37.8 Å². The Labute approximate surface area is 118 Å². The molecule has 20 heavy (non-hydrogen) atoms. The molecule has 0 aromatic carbocycles. The van der Waals surface area contributed by atoms with Crippen LogP contribution >= 0.6 is 0 Å². The topological polar surface area (TPSA) is 85.3 Å². The van der Waals surface area contributed by atoms with E-state index in [0.717, 1.165) is 18.4 Å². The Balaban J connectivity index is 1.78. The number of nitrogens with zero attached hydrogens (tertiary/aromatic N) is 3. The van der Waals surface area contributed by atoms with E-state index < -0.39 is 0 Å². The Morgan fingerprint density at radius 2 is 2.25 bits per heavy atom. The van der Waals surface area contributed by atoms with E-state index in [4.69, 9.17) is 5.73 Å². The highest BCUT2D eigenvalue weighted by Crippen LogP contribution is 2.48. The Kier molecular flexibility index (Phi) is 3.23. The number of nitrogens with two attached hydrogens (primary N) is 1. The highest BCUT2D eigenvalue weighted by Gasteiger charge is 2.40. The van der Waals surface area contributed by atoms with Crippen molar-refractivity contribution in [2.24, 2.45) is 17.8 Å². The van der Waals surface area contributed by atoms with E-state index in [2.05, 4.69) is 4.98 Å². The zero-order chi connectivity index (χ0) is 14.3. The van der Waals surface area contributed by atoms with Gasteiger partial charge in [0, 0.05) is 19.7 Å². The van der Waals surface area contributed by atoms with Crippen LogP contribution in [0.15, 0.2) is 12.1 Å². The van der Waals surface area contributed by atoms with E-state index >= 15 is 0 Å². The Morgan fingerprint density at radius 1 is 1.45 bits per heavy atom. The number of fused-ring (bicyclic) bond motifs is 2. The fraction of sp³-hybridized carbons (Fsp3) is 0.643. The summed E-state index contributed by atoms with van der Waals surface area (Å²) < 4.78 is 0. The van der Waals surface area contributed by atoms with Crippen LogP contribution in [0.1, 0.15) is 25.7 Å². The lowest BCUT2D eigenvalue weighted by atomic mass is 9.88. The number of hydrogen-bond donors (Lipinski definition) is 1. The number of aromatic nitrogens is 1. The van der Waals surface area contributed by atoms with Gasteiger partial charge in [0.05, 0.1) is 4.92 Å². The molecular weight excluding hydrogens is 256 g/mol. The first kappa shape index (κ1) is 13.1. The minimum Gasteiger partial charge on any atom is -0.384 e. The third-order valence-corrected chi connectivity index (χ3v) is 4.83. The van der Waals surface area contributed by atoms with E-state index in [0.29, 0.717) is 17.6 Å². The summed E-state index contributed by atoms with van der Waals surface area (Å²) in [4.78, 5) is 16.8. The third kappa shape index (κ3) is 2.30. The predicted octanol–water partition coefficient (Wildman–Crippen LogP) is 2.44. The molecule has 0 spiro atoms. The molecule has 0 saturated heterocycles. The Hall–Kier alpha value is -1.85. The summed E-state index contributed by atoms with van der Waals surface area (Å²) in [5, 5.41) is 11.1. The van der Waals surface area contributed by atoms with Crippen molar-refractivity contribution in [3.63, 3.8) is 0 Å². The van der Waals surface area contributed by atoms with Gasteiger partial charge in [-0.3, -0.25) is 10.1 Å². The molecule has 108 valence electrons. The molecule has 0 amide bonds. The van der Waals surface area contributed by atoms with E-state index in [1.54, 1.807) is 0 Å². The highest BCUT2D eigenvalue weighted by atomic mass is 16.6. The van der Waals surface area contributed by atoms with Gasteiger partial charge in [-0.1, -0.05) is 6.42 Å². The van der Waals surface area contributed by atoms with Gasteiger partial charge >= 0.3 is 5.69 Å². The number of nitrogen functional groups attached to an aromatic ring is 1. The molecule has 2 fully saturated rings. The van der Waals surface area contributed by atoms with Crippen molar-refractivity contribution in [2.75, 3.05) is 24.2 Å². The largest absolute Gasteiger partial charge is 0.384 e. The molecule has 3 unspecified atom stereocenters. The summed E-state index contributed by atoms with van der Waals surface area (Å²) in [5.41, 5.74) is 5.71. The van der Waals surface area contributed by atoms with Crippen LogP contribution in [0.5, 0.6) is 0 Å². The fourth-order valence-corrected chi connectivity index (χ4v) is 3.92. The van der Waals surface area contributed by atoms with Crippen molar-refractivity contribution >= 4 is 17.3 Å². The molecule has 6 heteroatoms. The van der Waals surface area contributed by atoms with Crippen LogP contribution in [0.2, 0.25) is 0 Å². The lowest BCUT2D eigenvalue weighted by Gasteiger charge is -2.27. The maximum Gasteiger partial charge on any atom is 0.311 e. The number of pyridine rings is 1. The molecule has 3 atom stereocenters. The number of rotatable bonds is 4. The summed E-state index contributed by atoms with van der Waals surface area (Å²) in [7, 11) is 1.88. The molecule has 0 radical (unpaired) electrons. The Bertz CT molecular complexity index is 534. The van der Waals surface area contributed by atoms with Crippen LogP contribution in [0, 0.1) is 27.9 Å². The van der Waals surface area contributed by atoms with Crippen molar-refractivity contribution in [3.8, 4) is 0 Å². The number of hydrogen-bond acceptors (Lipinski definition) is 5. The lowest BCUT2D eigenvalue weighted by Crippen LogP contribution is -2.29. The first-order chi connectivity index (χ1) is 9.54. The fourth-order valence-electron chi connectivity index (χ4n) is 3.92. The minimum atomic E-state index is -0.390. The van der Waals surface area contributed by atoms with Gasteiger partial charge < -0.3 is 10.6 Å². The second kappa shape index (κ2) is 4.92. The third-order valence-electron chi connectivity index (χ3n) is 4.83. The van der Waals surface area contributed by atoms with Crippen LogP contribution in [0.4, 0.5) is 17.3 Å². The maximum atomic E-state index is 11.1. The van der Waals surface area contributed by atoms with Crippen LogP contribution in [0.25, 0.3) is 0 Å².